The molecule has 1 amide bonds. The lowest BCUT2D eigenvalue weighted by Gasteiger charge is -2.08. The predicted molar refractivity (Wildman–Crippen MR) is 76.2 cm³/mol. The second-order valence-corrected chi connectivity index (χ2v) is 4.27. The highest BCUT2D eigenvalue weighted by molar-refractivity contribution is 6.07. The van der Waals surface area contributed by atoms with Gasteiger partial charge in [-0.05, 0) is 26.0 Å². The lowest BCUT2D eigenvalue weighted by atomic mass is 10.2. The van der Waals surface area contributed by atoms with Crippen LogP contribution in [0.4, 0.5) is 11.4 Å². The molecule has 0 aliphatic carbocycles. The SMILES string of the molecule is CCn1nc(C)c(N)c1C(=O)Nc1ccccc1C#N. The van der Waals surface area contributed by atoms with Crippen molar-refractivity contribution >= 4 is 17.3 Å². The molecule has 0 atom stereocenters. The van der Waals surface area contributed by atoms with Crippen molar-refractivity contribution in [3.63, 3.8) is 0 Å². The number of rotatable bonds is 3. The average Bonchev–Trinajstić information content (AvgIpc) is 2.74. The molecule has 0 spiro atoms. The molecule has 2 rings (SSSR count). The Hall–Kier alpha value is -2.81. The van der Waals surface area contributed by atoms with E-state index in [-0.39, 0.29) is 5.91 Å². The summed E-state index contributed by atoms with van der Waals surface area (Å²) >= 11 is 0. The fraction of sp³-hybridized carbons (Fsp3) is 0.214. The third kappa shape index (κ3) is 2.34. The molecule has 0 radical (unpaired) electrons. The van der Waals surface area contributed by atoms with E-state index in [9.17, 15) is 4.79 Å². The van der Waals surface area contributed by atoms with Gasteiger partial charge in [0.05, 0.1) is 22.6 Å². The first-order chi connectivity index (χ1) is 9.58. The molecule has 0 saturated heterocycles. The van der Waals surface area contributed by atoms with Gasteiger partial charge in [-0.25, -0.2) is 0 Å². The second kappa shape index (κ2) is 5.45. The first-order valence-corrected chi connectivity index (χ1v) is 6.21. The van der Waals surface area contributed by atoms with E-state index >= 15 is 0 Å². The molecule has 6 nitrogen and oxygen atoms in total. The van der Waals surface area contributed by atoms with E-state index in [1.165, 1.54) is 0 Å². The van der Waals surface area contributed by atoms with Crippen LogP contribution in [0.2, 0.25) is 0 Å². The molecule has 1 aromatic heterocycles. The Morgan fingerprint density at radius 2 is 2.20 bits per heavy atom. The lowest BCUT2D eigenvalue weighted by molar-refractivity contribution is 0.101. The van der Waals surface area contributed by atoms with Gasteiger partial charge in [0.25, 0.3) is 5.91 Å². The number of nitrogen functional groups attached to an aromatic ring is 1. The summed E-state index contributed by atoms with van der Waals surface area (Å²) in [6.07, 6.45) is 0. The van der Waals surface area contributed by atoms with Gasteiger partial charge in [-0.15, -0.1) is 0 Å². The van der Waals surface area contributed by atoms with Gasteiger partial charge in [0.1, 0.15) is 11.8 Å². The van der Waals surface area contributed by atoms with Crippen LogP contribution in [0.1, 0.15) is 28.7 Å². The number of hydrogen-bond donors (Lipinski definition) is 2. The molecule has 0 bridgehead atoms. The minimum Gasteiger partial charge on any atom is -0.395 e. The fourth-order valence-corrected chi connectivity index (χ4v) is 1.93. The van der Waals surface area contributed by atoms with Gasteiger partial charge in [-0.3, -0.25) is 9.48 Å². The van der Waals surface area contributed by atoms with Crippen LogP contribution in [0, 0.1) is 18.3 Å². The zero-order valence-electron chi connectivity index (χ0n) is 11.3. The number of amides is 1. The van der Waals surface area contributed by atoms with Crippen LogP contribution in [0.5, 0.6) is 0 Å². The molecule has 1 aromatic carbocycles. The Morgan fingerprint density at radius 3 is 2.85 bits per heavy atom. The molecule has 1 heterocycles. The summed E-state index contributed by atoms with van der Waals surface area (Å²) in [6.45, 7) is 4.17. The van der Waals surface area contributed by atoms with Crippen LogP contribution < -0.4 is 11.1 Å². The molecule has 0 aliphatic rings. The number of aromatic nitrogens is 2. The monoisotopic (exact) mass is 269 g/mol. The average molecular weight is 269 g/mol. The van der Waals surface area contributed by atoms with Gasteiger partial charge in [0, 0.05) is 6.54 Å². The van der Waals surface area contributed by atoms with Gasteiger partial charge in [0.2, 0.25) is 0 Å². The van der Waals surface area contributed by atoms with Gasteiger partial charge in [0.15, 0.2) is 0 Å². The number of benzene rings is 1. The number of nitrogens with two attached hydrogens (primary N) is 1. The summed E-state index contributed by atoms with van der Waals surface area (Å²) in [5.41, 5.74) is 8.05. The summed E-state index contributed by atoms with van der Waals surface area (Å²) < 4.78 is 1.55. The molecular weight excluding hydrogens is 254 g/mol. The minimum atomic E-state index is -0.368. The van der Waals surface area contributed by atoms with Crippen LogP contribution in [0.15, 0.2) is 24.3 Å². The number of carbonyl (C=O) groups excluding carboxylic acids is 1. The molecule has 0 fully saturated rings. The number of aryl methyl sites for hydroxylation is 2. The van der Waals surface area contributed by atoms with Crippen molar-refractivity contribution in [2.75, 3.05) is 11.1 Å². The van der Waals surface area contributed by atoms with Crippen molar-refractivity contribution in [1.29, 1.82) is 5.26 Å². The number of nitrogens with zero attached hydrogens (tertiary/aromatic N) is 3. The predicted octanol–water partition coefficient (Wildman–Crippen LogP) is 1.92. The van der Waals surface area contributed by atoms with E-state index < -0.39 is 0 Å². The van der Waals surface area contributed by atoms with Crippen molar-refractivity contribution < 1.29 is 4.79 Å². The van der Waals surface area contributed by atoms with Crippen LogP contribution in [-0.4, -0.2) is 15.7 Å². The molecular formula is C14H15N5O. The van der Waals surface area contributed by atoms with Gasteiger partial charge in [-0.2, -0.15) is 10.4 Å². The smallest absolute Gasteiger partial charge is 0.276 e. The van der Waals surface area contributed by atoms with Crippen molar-refractivity contribution in [3.8, 4) is 6.07 Å². The highest BCUT2D eigenvalue weighted by Gasteiger charge is 2.19. The summed E-state index contributed by atoms with van der Waals surface area (Å²) in [4.78, 5) is 12.3. The van der Waals surface area contributed by atoms with Gasteiger partial charge >= 0.3 is 0 Å². The van der Waals surface area contributed by atoms with E-state index in [1.54, 1.807) is 35.9 Å². The second-order valence-electron chi connectivity index (χ2n) is 4.27. The Kier molecular flexibility index (Phi) is 3.71. The summed E-state index contributed by atoms with van der Waals surface area (Å²) in [6, 6.07) is 8.84. The summed E-state index contributed by atoms with van der Waals surface area (Å²) in [5, 5.41) is 15.9. The molecule has 102 valence electrons. The Bertz CT molecular complexity index is 696. The van der Waals surface area contributed by atoms with E-state index in [4.69, 9.17) is 11.0 Å². The standard InChI is InChI=1S/C14H15N5O/c1-3-19-13(12(16)9(2)18-19)14(20)17-11-7-5-4-6-10(11)8-15/h4-7H,3,16H2,1-2H3,(H,17,20). The zero-order chi connectivity index (χ0) is 14.7. The number of nitriles is 1. The highest BCUT2D eigenvalue weighted by Crippen LogP contribution is 2.20. The van der Waals surface area contributed by atoms with E-state index in [1.807, 2.05) is 13.0 Å². The maximum atomic E-state index is 12.3. The van der Waals surface area contributed by atoms with Crippen LogP contribution in [0.25, 0.3) is 0 Å². The normalized spacial score (nSPS) is 10.1. The van der Waals surface area contributed by atoms with Gasteiger partial charge in [-0.1, -0.05) is 12.1 Å². The maximum Gasteiger partial charge on any atom is 0.276 e. The molecule has 0 saturated carbocycles. The first-order valence-electron chi connectivity index (χ1n) is 6.21. The third-order valence-electron chi connectivity index (χ3n) is 2.98. The fourth-order valence-electron chi connectivity index (χ4n) is 1.93. The minimum absolute atomic E-state index is 0.317. The van der Waals surface area contributed by atoms with E-state index in [0.29, 0.717) is 34.9 Å². The molecule has 0 aliphatic heterocycles. The van der Waals surface area contributed by atoms with E-state index in [0.717, 1.165) is 0 Å². The summed E-state index contributed by atoms with van der Waals surface area (Å²) in [5.74, 6) is -0.368. The summed E-state index contributed by atoms with van der Waals surface area (Å²) in [7, 11) is 0. The van der Waals surface area contributed by atoms with Crippen LogP contribution in [-0.2, 0) is 6.54 Å². The number of anilines is 2. The number of para-hydroxylation sites is 1. The number of carbonyl (C=O) groups is 1. The van der Waals surface area contributed by atoms with Crippen LogP contribution in [0.3, 0.4) is 0 Å². The number of hydrogen-bond acceptors (Lipinski definition) is 4. The maximum absolute atomic E-state index is 12.3. The van der Waals surface area contributed by atoms with Crippen molar-refractivity contribution in [1.82, 2.24) is 9.78 Å². The van der Waals surface area contributed by atoms with Crippen LogP contribution >= 0.6 is 0 Å². The lowest BCUT2D eigenvalue weighted by Crippen LogP contribution is -2.19. The quantitative estimate of drug-likeness (QED) is 0.889. The Balaban J connectivity index is 2.36. The van der Waals surface area contributed by atoms with Crippen molar-refractivity contribution in [3.05, 3.63) is 41.2 Å². The van der Waals surface area contributed by atoms with Gasteiger partial charge < -0.3 is 11.1 Å². The van der Waals surface area contributed by atoms with Crippen molar-refractivity contribution in [2.45, 2.75) is 20.4 Å². The number of nitrogens with one attached hydrogen (secondary N) is 1. The van der Waals surface area contributed by atoms with Crippen molar-refractivity contribution in [2.24, 2.45) is 0 Å². The van der Waals surface area contributed by atoms with E-state index in [2.05, 4.69) is 10.4 Å². The molecule has 20 heavy (non-hydrogen) atoms. The first kappa shape index (κ1) is 13.6. The zero-order valence-corrected chi connectivity index (χ0v) is 11.3. The Morgan fingerprint density at radius 1 is 1.50 bits per heavy atom. The molecule has 0 unspecified atom stereocenters. The molecule has 6 heteroatoms. The largest absolute Gasteiger partial charge is 0.395 e. The Labute approximate surface area is 116 Å². The molecule has 2 aromatic rings. The highest BCUT2D eigenvalue weighted by atomic mass is 16.2. The molecule has 3 N–H and O–H groups in total. The third-order valence-corrected chi connectivity index (χ3v) is 2.98. The topological polar surface area (TPSA) is 96.7 Å².